The number of unbranched alkanes of at least 4 members (excludes halogenated alkanes) is 1. The minimum absolute atomic E-state index is 0.203. The first-order chi connectivity index (χ1) is 13.3. The second-order valence-electron chi connectivity index (χ2n) is 7.39. The molecule has 4 rings (SSSR count). The molecule has 1 fully saturated rings. The van der Waals surface area contributed by atoms with Gasteiger partial charge in [0.15, 0.2) is 0 Å². The SMILES string of the molecule is CCCCNc1ncc2c(n1)C(C1CCSCC1)CN2c1ccc(F)cc1. The highest BCUT2D eigenvalue weighted by atomic mass is 32.2. The molecule has 27 heavy (non-hydrogen) atoms. The molecule has 0 bridgehead atoms. The number of nitrogens with one attached hydrogen (secondary N) is 1. The van der Waals surface area contributed by atoms with Crippen LogP contribution in [0.3, 0.4) is 0 Å². The van der Waals surface area contributed by atoms with E-state index in [0.29, 0.717) is 11.8 Å². The van der Waals surface area contributed by atoms with Gasteiger partial charge in [0.1, 0.15) is 5.82 Å². The molecule has 1 N–H and O–H groups in total. The zero-order valence-electron chi connectivity index (χ0n) is 15.8. The van der Waals surface area contributed by atoms with Crippen LogP contribution < -0.4 is 10.2 Å². The summed E-state index contributed by atoms with van der Waals surface area (Å²) >= 11 is 2.05. The Bertz CT molecular complexity index is 761. The van der Waals surface area contributed by atoms with Crippen molar-refractivity contribution in [3.8, 4) is 0 Å². The van der Waals surface area contributed by atoms with Crippen LogP contribution >= 0.6 is 11.8 Å². The summed E-state index contributed by atoms with van der Waals surface area (Å²) in [7, 11) is 0. The normalized spacial score (nSPS) is 19.9. The van der Waals surface area contributed by atoms with Crippen LogP contribution in [0.15, 0.2) is 30.5 Å². The minimum Gasteiger partial charge on any atom is -0.354 e. The fourth-order valence-corrected chi connectivity index (χ4v) is 5.21. The maximum Gasteiger partial charge on any atom is 0.223 e. The van der Waals surface area contributed by atoms with Crippen molar-refractivity contribution in [2.24, 2.45) is 5.92 Å². The smallest absolute Gasteiger partial charge is 0.223 e. The fraction of sp³-hybridized carbons (Fsp3) is 0.524. The minimum atomic E-state index is -0.203. The quantitative estimate of drug-likeness (QED) is 0.691. The first-order valence-electron chi connectivity index (χ1n) is 9.98. The molecule has 1 aromatic heterocycles. The van der Waals surface area contributed by atoms with Crippen molar-refractivity contribution in [1.29, 1.82) is 0 Å². The van der Waals surface area contributed by atoms with E-state index in [1.54, 1.807) is 0 Å². The molecule has 2 aliphatic rings. The van der Waals surface area contributed by atoms with Crippen molar-refractivity contribution in [3.63, 3.8) is 0 Å². The Morgan fingerprint density at radius 3 is 2.74 bits per heavy atom. The summed E-state index contributed by atoms with van der Waals surface area (Å²) in [4.78, 5) is 11.7. The van der Waals surface area contributed by atoms with Gasteiger partial charge in [-0.05, 0) is 61.0 Å². The largest absolute Gasteiger partial charge is 0.354 e. The molecule has 6 heteroatoms. The number of hydrogen-bond donors (Lipinski definition) is 1. The van der Waals surface area contributed by atoms with Gasteiger partial charge < -0.3 is 10.2 Å². The molecule has 1 atom stereocenters. The van der Waals surface area contributed by atoms with E-state index >= 15 is 0 Å². The number of benzene rings is 1. The summed E-state index contributed by atoms with van der Waals surface area (Å²) in [5.74, 6) is 4.08. The maximum atomic E-state index is 13.4. The van der Waals surface area contributed by atoms with Gasteiger partial charge in [0, 0.05) is 24.7 Å². The first-order valence-corrected chi connectivity index (χ1v) is 11.1. The topological polar surface area (TPSA) is 41.1 Å². The van der Waals surface area contributed by atoms with Crippen LogP contribution in [0, 0.1) is 11.7 Å². The third-order valence-electron chi connectivity index (χ3n) is 5.61. The number of thioether (sulfide) groups is 1. The standard InChI is InChI=1S/C21H27FN4S/c1-2-3-10-23-21-24-13-19-20(25-21)18(15-8-11-27-12-9-15)14-26(19)17-6-4-16(22)5-7-17/h4-7,13,15,18H,2-3,8-12,14H2,1H3,(H,23,24,25). The summed E-state index contributed by atoms with van der Waals surface area (Å²) in [6.45, 7) is 3.99. The highest BCUT2D eigenvalue weighted by Gasteiger charge is 2.37. The number of halogens is 1. The van der Waals surface area contributed by atoms with Crippen LogP contribution in [-0.4, -0.2) is 34.6 Å². The molecule has 0 aliphatic carbocycles. The van der Waals surface area contributed by atoms with E-state index in [2.05, 4.69) is 33.9 Å². The summed E-state index contributed by atoms with van der Waals surface area (Å²) in [6, 6.07) is 6.76. The Morgan fingerprint density at radius 1 is 1.22 bits per heavy atom. The maximum absolute atomic E-state index is 13.4. The van der Waals surface area contributed by atoms with E-state index in [-0.39, 0.29) is 5.82 Å². The third kappa shape index (κ3) is 4.05. The van der Waals surface area contributed by atoms with Crippen molar-refractivity contribution in [3.05, 3.63) is 42.0 Å². The van der Waals surface area contributed by atoms with E-state index in [4.69, 9.17) is 4.98 Å². The molecule has 2 aliphatic heterocycles. The zero-order valence-corrected chi connectivity index (χ0v) is 16.6. The van der Waals surface area contributed by atoms with Gasteiger partial charge in [0.25, 0.3) is 0 Å². The monoisotopic (exact) mass is 386 g/mol. The highest BCUT2D eigenvalue weighted by Crippen LogP contribution is 2.46. The van der Waals surface area contributed by atoms with Gasteiger partial charge in [0.2, 0.25) is 5.95 Å². The molecule has 0 spiro atoms. The van der Waals surface area contributed by atoms with Crippen LogP contribution in [0.4, 0.5) is 21.7 Å². The Labute approximate surface area is 165 Å². The molecule has 0 radical (unpaired) electrons. The third-order valence-corrected chi connectivity index (χ3v) is 6.65. The Balaban J connectivity index is 1.64. The van der Waals surface area contributed by atoms with Crippen LogP contribution in [0.1, 0.15) is 44.2 Å². The van der Waals surface area contributed by atoms with Gasteiger partial charge in [-0.2, -0.15) is 11.8 Å². The van der Waals surface area contributed by atoms with Crippen molar-refractivity contribution in [1.82, 2.24) is 9.97 Å². The second kappa shape index (κ2) is 8.46. The summed E-state index contributed by atoms with van der Waals surface area (Å²) in [5, 5.41) is 3.37. The van der Waals surface area contributed by atoms with E-state index < -0.39 is 0 Å². The van der Waals surface area contributed by atoms with Crippen LogP contribution in [0.5, 0.6) is 0 Å². The zero-order chi connectivity index (χ0) is 18.6. The van der Waals surface area contributed by atoms with Gasteiger partial charge in [-0.3, -0.25) is 0 Å². The van der Waals surface area contributed by atoms with E-state index in [1.165, 1.54) is 36.5 Å². The van der Waals surface area contributed by atoms with Gasteiger partial charge in [-0.25, -0.2) is 14.4 Å². The van der Waals surface area contributed by atoms with Crippen LogP contribution in [0.25, 0.3) is 0 Å². The lowest BCUT2D eigenvalue weighted by molar-refractivity contribution is 0.406. The van der Waals surface area contributed by atoms with Gasteiger partial charge in [0.05, 0.1) is 17.6 Å². The molecular weight excluding hydrogens is 359 g/mol. The molecule has 3 heterocycles. The fourth-order valence-electron chi connectivity index (χ4n) is 4.07. The average Bonchev–Trinajstić information content (AvgIpc) is 3.08. The number of anilines is 3. The first kappa shape index (κ1) is 18.5. The molecule has 1 aromatic carbocycles. The lowest BCUT2D eigenvalue weighted by Gasteiger charge is -2.27. The molecular formula is C21H27FN4S. The predicted octanol–water partition coefficient (Wildman–Crippen LogP) is 5.21. The highest BCUT2D eigenvalue weighted by molar-refractivity contribution is 7.99. The Morgan fingerprint density at radius 2 is 2.00 bits per heavy atom. The molecule has 1 unspecified atom stereocenters. The summed E-state index contributed by atoms with van der Waals surface area (Å²) in [6.07, 6.45) is 6.70. The second-order valence-corrected chi connectivity index (χ2v) is 8.61. The summed E-state index contributed by atoms with van der Waals surface area (Å²) < 4.78 is 13.4. The van der Waals surface area contributed by atoms with E-state index in [1.807, 2.05) is 18.3 Å². The Kier molecular flexibility index (Phi) is 5.81. The Hall–Kier alpha value is -1.82. The average molecular weight is 387 g/mol. The molecule has 144 valence electrons. The van der Waals surface area contributed by atoms with Crippen molar-refractivity contribution < 1.29 is 4.39 Å². The number of rotatable bonds is 6. The lowest BCUT2D eigenvalue weighted by atomic mass is 9.86. The van der Waals surface area contributed by atoms with Crippen molar-refractivity contribution >= 4 is 29.1 Å². The number of hydrogen-bond acceptors (Lipinski definition) is 5. The molecule has 4 nitrogen and oxygen atoms in total. The molecule has 0 amide bonds. The molecule has 2 aromatic rings. The lowest BCUT2D eigenvalue weighted by Crippen LogP contribution is -2.23. The molecule has 1 saturated heterocycles. The number of nitrogens with zero attached hydrogens (tertiary/aromatic N) is 3. The van der Waals surface area contributed by atoms with E-state index in [9.17, 15) is 4.39 Å². The molecule has 0 saturated carbocycles. The number of aromatic nitrogens is 2. The van der Waals surface area contributed by atoms with Gasteiger partial charge in [-0.1, -0.05) is 13.3 Å². The van der Waals surface area contributed by atoms with Crippen molar-refractivity contribution in [2.45, 2.75) is 38.5 Å². The van der Waals surface area contributed by atoms with Gasteiger partial charge >= 0.3 is 0 Å². The van der Waals surface area contributed by atoms with Crippen molar-refractivity contribution in [2.75, 3.05) is 34.8 Å². The predicted molar refractivity (Wildman–Crippen MR) is 112 cm³/mol. The van der Waals surface area contributed by atoms with Crippen LogP contribution in [0.2, 0.25) is 0 Å². The van der Waals surface area contributed by atoms with Crippen LogP contribution in [-0.2, 0) is 0 Å². The number of fused-ring (bicyclic) bond motifs is 1. The summed E-state index contributed by atoms with van der Waals surface area (Å²) in [5.41, 5.74) is 3.25. The van der Waals surface area contributed by atoms with E-state index in [0.717, 1.165) is 48.9 Å². The van der Waals surface area contributed by atoms with Gasteiger partial charge in [-0.15, -0.1) is 0 Å².